The minimum absolute atomic E-state index is 0.255. The summed E-state index contributed by atoms with van der Waals surface area (Å²) >= 11 is 0. The van der Waals surface area contributed by atoms with Crippen LogP contribution in [0.1, 0.15) is 20.3 Å². The van der Waals surface area contributed by atoms with E-state index >= 15 is 0 Å². The van der Waals surface area contributed by atoms with Gasteiger partial charge in [0.05, 0.1) is 6.10 Å². The van der Waals surface area contributed by atoms with E-state index in [1.54, 1.807) is 7.11 Å². The Hall–Kier alpha value is -0.0800. The normalized spacial score (nSPS) is 18.0. The summed E-state index contributed by atoms with van der Waals surface area (Å²) in [4.78, 5) is 0. The summed E-state index contributed by atoms with van der Waals surface area (Å²) in [6.45, 7) is 4.00. The Balaban J connectivity index is 3.10. The highest BCUT2D eigenvalue weighted by Crippen LogP contribution is 1.96. The van der Waals surface area contributed by atoms with Gasteiger partial charge in [0.1, 0.15) is 0 Å². The van der Waals surface area contributed by atoms with Gasteiger partial charge < -0.3 is 10.5 Å². The Kier molecular flexibility index (Phi) is 3.83. The molecule has 0 amide bonds. The minimum atomic E-state index is 0.255. The maximum absolute atomic E-state index is 5.49. The van der Waals surface area contributed by atoms with Crippen molar-refractivity contribution in [1.82, 2.24) is 0 Å². The first-order chi connectivity index (χ1) is 3.66. The van der Waals surface area contributed by atoms with Crippen molar-refractivity contribution >= 4 is 0 Å². The average molecular weight is 117 g/mol. The lowest BCUT2D eigenvalue weighted by Crippen LogP contribution is -2.21. The van der Waals surface area contributed by atoms with Gasteiger partial charge in [-0.2, -0.15) is 0 Å². The first-order valence-electron chi connectivity index (χ1n) is 2.95. The topological polar surface area (TPSA) is 35.2 Å². The van der Waals surface area contributed by atoms with Gasteiger partial charge in [-0.25, -0.2) is 0 Å². The summed E-state index contributed by atoms with van der Waals surface area (Å²) in [6.07, 6.45) is 1.24. The molecule has 0 fully saturated rings. The summed E-state index contributed by atoms with van der Waals surface area (Å²) in [5.74, 6) is 0. The summed E-state index contributed by atoms with van der Waals surface area (Å²) in [5, 5.41) is 0. The van der Waals surface area contributed by atoms with E-state index in [2.05, 4.69) is 0 Å². The number of hydrogen-bond donors (Lipinski definition) is 1. The van der Waals surface area contributed by atoms with Crippen molar-refractivity contribution in [3.05, 3.63) is 0 Å². The molecule has 2 atom stereocenters. The second kappa shape index (κ2) is 3.87. The zero-order valence-electron chi connectivity index (χ0n) is 5.85. The molecule has 2 heteroatoms. The summed E-state index contributed by atoms with van der Waals surface area (Å²) in [5.41, 5.74) is 5.49. The maximum atomic E-state index is 5.49. The Bertz CT molecular complexity index is 54.5. The molecule has 0 aliphatic heterocycles. The molecule has 0 heterocycles. The second-order valence-electron chi connectivity index (χ2n) is 2.26. The molecular formula is C6H15NO. The molecule has 50 valence electrons. The van der Waals surface area contributed by atoms with Crippen LogP contribution in [-0.4, -0.2) is 19.3 Å². The van der Waals surface area contributed by atoms with Gasteiger partial charge in [0.15, 0.2) is 0 Å². The van der Waals surface area contributed by atoms with Crippen molar-refractivity contribution in [2.24, 2.45) is 5.73 Å². The molecular weight excluding hydrogens is 102 g/mol. The highest BCUT2D eigenvalue weighted by Gasteiger charge is 2.00. The van der Waals surface area contributed by atoms with E-state index in [0.29, 0.717) is 6.10 Å². The molecule has 2 nitrogen and oxygen atoms in total. The Morgan fingerprint density at radius 2 is 2.00 bits per heavy atom. The van der Waals surface area contributed by atoms with Gasteiger partial charge in [-0.15, -0.1) is 0 Å². The molecule has 0 aromatic heterocycles. The van der Waals surface area contributed by atoms with Gasteiger partial charge in [-0.1, -0.05) is 0 Å². The van der Waals surface area contributed by atoms with Crippen LogP contribution >= 0.6 is 0 Å². The summed E-state index contributed by atoms with van der Waals surface area (Å²) < 4.78 is 4.98. The number of rotatable bonds is 3. The first kappa shape index (κ1) is 7.92. The highest BCUT2D eigenvalue weighted by molar-refractivity contribution is 4.57. The lowest BCUT2D eigenvalue weighted by atomic mass is 10.2. The molecule has 2 N–H and O–H groups in total. The van der Waals surface area contributed by atoms with Crippen molar-refractivity contribution in [3.63, 3.8) is 0 Å². The quantitative estimate of drug-likeness (QED) is 0.592. The SMILES string of the molecule is COC(C)CC(C)N. The molecule has 0 aliphatic carbocycles. The van der Waals surface area contributed by atoms with Gasteiger partial charge in [0, 0.05) is 13.2 Å². The summed E-state index contributed by atoms with van der Waals surface area (Å²) in [6, 6.07) is 0.255. The average Bonchev–Trinajstić information content (AvgIpc) is 1.65. The van der Waals surface area contributed by atoms with E-state index in [0.717, 1.165) is 6.42 Å². The zero-order chi connectivity index (χ0) is 6.57. The fraction of sp³-hybridized carbons (Fsp3) is 1.00. The van der Waals surface area contributed by atoms with E-state index in [-0.39, 0.29) is 6.04 Å². The van der Waals surface area contributed by atoms with Crippen LogP contribution < -0.4 is 5.73 Å². The van der Waals surface area contributed by atoms with Crippen LogP contribution in [0.3, 0.4) is 0 Å². The monoisotopic (exact) mass is 117 g/mol. The number of nitrogens with two attached hydrogens (primary N) is 1. The van der Waals surface area contributed by atoms with Crippen molar-refractivity contribution in [1.29, 1.82) is 0 Å². The van der Waals surface area contributed by atoms with E-state index in [1.165, 1.54) is 0 Å². The van der Waals surface area contributed by atoms with Gasteiger partial charge in [-0.05, 0) is 20.3 Å². The van der Waals surface area contributed by atoms with Crippen molar-refractivity contribution < 1.29 is 4.74 Å². The fourth-order valence-electron chi connectivity index (χ4n) is 0.620. The van der Waals surface area contributed by atoms with Crippen LogP contribution in [0.5, 0.6) is 0 Å². The predicted octanol–water partition coefficient (Wildman–Crippen LogP) is 0.759. The lowest BCUT2D eigenvalue weighted by molar-refractivity contribution is 0.106. The first-order valence-corrected chi connectivity index (χ1v) is 2.95. The van der Waals surface area contributed by atoms with Crippen LogP contribution in [-0.2, 0) is 4.74 Å². The molecule has 0 rings (SSSR count). The van der Waals surface area contributed by atoms with Crippen molar-refractivity contribution in [2.75, 3.05) is 7.11 Å². The number of methoxy groups -OCH3 is 1. The fourth-order valence-corrected chi connectivity index (χ4v) is 0.620. The molecule has 8 heavy (non-hydrogen) atoms. The third kappa shape index (κ3) is 4.09. The Labute approximate surface area is 51.0 Å². The van der Waals surface area contributed by atoms with Crippen LogP contribution in [0, 0.1) is 0 Å². The molecule has 0 spiro atoms. The standard InChI is InChI=1S/C6H15NO/c1-5(7)4-6(2)8-3/h5-6H,4,7H2,1-3H3. The van der Waals surface area contributed by atoms with Crippen LogP contribution in [0.2, 0.25) is 0 Å². The van der Waals surface area contributed by atoms with E-state index in [1.807, 2.05) is 13.8 Å². The van der Waals surface area contributed by atoms with Gasteiger partial charge in [-0.3, -0.25) is 0 Å². The van der Waals surface area contributed by atoms with Gasteiger partial charge in [0.2, 0.25) is 0 Å². The zero-order valence-corrected chi connectivity index (χ0v) is 5.85. The second-order valence-corrected chi connectivity index (χ2v) is 2.26. The van der Waals surface area contributed by atoms with Crippen molar-refractivity contribution in [2.45, 2.75) is 32.4 Å². The smallest absolute Gasteiger partial charge is 0.0557 e. The van der Waals surface area contributed by atoms with Crippen LogP contribution in [0.4, 0.5) is 0 Å². The molecule has 2 unspecified atom stereocenters. The third-order valence-corrected chi connectivity index (χ3v) is 1.11. The van der Waals surface area contributed by atoms with E-state index in [4.69, 9.17) is 10.5 Å². The van der Waals surface area contributed by atoms with Crippen molar-refractivity contribution in [3.8, 4) is 0 Å². The molecule has 0 aromatic rings. The Morgan fingerprint density at radius 1 is 1.50 bits per heavy atom. The van der Waals surface area contributed by atoms with E-state index < -0.39 is 0 Å². The van der Waals surface area contributed by atoms with Crippen LogP contribution in [0.15, 0.2) is 0 Å². The molecule has 0 bridgehead atoms. The summed E-state index contributed by atoms with van der Waals surface area (Å²) in [7, 11) is 1.70. The minimum Gasteiger partial charge on any atom is -0.382 e. The lowest BCUT2D eigenvalue weighted by Gasteiger charge is -2.10. The molecule has 0 aliphatic rings. The van der Waals surface area contributed by atoms with Crippen LogP contribution in [0.25, 0.3) is 0 Å². The highest BCUT2D eigenvalue weighted by atomic mass is 16.5. The largest absolute Gasteiger partial charge is 0.382 e. The molecule has 0 saturated carbocycles. The molecule has 0 radical (unpaired) electrons. The van der Waals surface area contributed by atoms with Gasteiger partial charge in [0.25, 0.3) is 0 Å². The van der Waals surface area contributed by atoms with Gasteiger partial charge >= 0.3 is 0 Å². The predicted molar refractivity (Wildman–Crippen MR) is 34.7 cm³/mol. The van der Waals surface area contributed by atoms with E-state index in [9.17, 15) is 0 Å². The third-order valence-electron chi connectivity index (χ3n) is 1.11. The molecule has 0 aromatic carbocycles. The Morgan fingerprint density at radius 3 is 2.12 bits per heavy atom. The maximum Gasteiger partial charge on any atom is 0.0557 e. The number of hydrogen-bond acceptors (Lipinski definition) is 2. The number of ether oxygens (including phenoxy) is 1. The molecule has 0 saturated heterocycles.